The zero-order valence-corrected chi connectivity index (χ0v) is 9.20. The topological polar surface area (TPSA) is 20.3 Å². The molecule has 0 heterocycles. The van der Waals surface area contributed by atoms with Crippen molar-refractivity contribution in [1.29, 1.82) is 0 Å². The van der Waals surface area contributed by atoms with E-state index in [1.807, 2.05) is 37.2 Å². The number of hydrogen-bond acceptors (Lipinski definition) is 2. The van der Waals surface area contributed by atoms with Crippen molar-refractivity contribution in [2.24, 2.45) is 0 Å². The van der Waals surface area contributed by atoms with Crippen molar-refractivity contribution in [3.05, 3.63) is 27.3 Å². The second-order valence-corrected chi connectivity index (χ2v) is 3.89. The summed E-state index contributed by atoms with van der Waals surface area (Å²) in [7, 11) is 3.97. The molecule has 0 spiro atoms. The van der Waals surface area contributed by atoms with Crippen molar-refractivity contribution in [3.63, 3.8) is 0 Å². The number of aldehydes is 1. The number of halogens is 1. The first kappa shape index (κ1) is 9.51. The van der Waals surface area contributed by atoms with E-state index in [9.17, 15) is 4.79 Å². The van der Waals surface area contributed by atoms with Crippen molar-refractivity contribution >= 4 is 34.6 Å². The fourth-order valence-corrected chi connectivity index (χ4v) is 1.98. The van der Waals surface area contributed by atoms with Gasteiger partial charge in [-0.25, -0.2) is 0 Å². The summed E-state index contributed by atoms with van der Waals surface area (Å²) < 4.78 is 1.10. The van der Waals surface area contributed by atoms with Crippen LogP contribution >= 0.6 is 22.6 Å². The van der Waals surface area contributed by atoms with Crippen LogP contribution in [0.2, 0.25) is 0 Å². The minimum atomic E-state index is 0.727. The zero-order chi connectivity index (χ0) is 9.14. The molecule has 0 atom stereocenters. The van der Waals surface area contributed by atoms with Gasteiger partial charge in [-0.05, 0) is 40.8 Å². The molecule has 64 valence electrons. The summed E-state index contributed by atoms with van der Waals surface area (Å²) in [4.78, 5) is 12.4. The van der Waals surface area contributed by atoms with Gasteiger partial charge in [-0.3, -0.25) is 4.79 Å². The molecule has 12 heavy (non-hydrogen) atoms. The summed E-state index contributed by atoms with van der Waals surface area (Å²) in [6, 6.07) is 5.65. The Labute approximate surface area is 85.7 Å². The molecule has 0 N–H and O–H groups in total. The van der Waals surface area contributed by atoms with E-state index >= 15 is 0 Å². The van der Waals surface area contributed by atoms with Gasteiger partial charge in [-0.2, -0.15) is 0 Å². The molecule has 0 saturated heterocycles. The summed E-state index contributed by atoms with van der Waals surface area (Å²) in [6.07, 6.45) is 0.863. The zero-order valence-electron chi connectivity index (χ0n) is 7.04. The molecule has 0 aliphatic carbocycles. The minimum Gasteiger partial charge on any atom is -0.377 e. The van der Waals surface area contributed by atoms with Gasteiger partial charge < -0.3 is 4.90 Å². The number of anilines is 1. The Morgan fingerprint density at radius 3 is 2.50 bits per heavy atom. The van der Waals surface area contributed by atoms with E-state index in [1.165, 1.54) is 0 Å². The maximum Gasteiger partial charge on any atom is 0.150 e. The second kappa shape index (κ2) is 3.89. The molecule has 0 bridgehead atoms. The van der Waals surface area contributed by atoms with Crippen LogP contribution in [0.3, 0.4) is 0 Å². The Kier molecular flexibility index (Phi) is 3.08. The van der Waals surface area contributed by atoms with E-state index in [0.717, 1.165) is 21.1 Å². The molecule has 0 radical (unpaired) electrons. The molecule has 1 aromatic rings. The average Bonchev–Trinajstić information content (AvgIpc) is 2.03. The average molecular weight is 275 g/mol. The van der Waals surface area contributed by atoms with Crippen LogP contribution in [-0.2, 0) is 0 Å². The molecule has 0 amide bonds. The third-order valence-corrected chi connectivity index (χ3v) is 2.45. The molecule has 2 nitrogen and oxygen atoms in total. The summed E-state index contributed by atoms with van der Waals surface area (Å²) in [5, 5.41) is 0. The van der Waals surface area contributed by atoms with Gasteiger partial charge >= 0.3 is 0 Å². The Morgan fingerprint density at radius 2 is 2.08 bits per heavy atom. The van der Waals surface area contributed by atoms with Gasteiger partial charge in [0, 0.05) is 28.9 Å². The molecular weight excluding hydrogens is 265 g/mol. The van der Waals surface area contributed by atoms with Crippen LogP contribution in [0.5, 0.6) is 0 Å². The van der Waals surface area contributed by atoms with Crippen LogP contribution in [-0.4, -0.2) is 20.4 Å². The number of carbonyl (C=O) groups excluding carboxylic acids is 1. The van der Waals surface area contributed by atoms with Crippen molar-refractivity contribution in [2.75, 3.05) is 19.0 Å². The highest BCUT2D eigenvalue weighted by molar-refractivity contribution is 14.1. The van der Waals surface area contributed by atoms with Crippen LogP contribution in [0.25, 0.3) is 0 Å². The smallest absolute Gasteiger partial charge is 0.150 e. The minimum absolute atomic E-state index is 0.727. The van der Waals surface area contributed by atoms with Crippen LogP contribution in [0.1, 0.15) is 10.4 Å². The number of nitrogens with zero attached hydrogens (tertiary/aromatic N) is 1. The van der Waals surface area contributed by atoms with Crippen LogP contribution < -0.4 is 4.90 Å². The summed E-state index contributed by atoms with van der Waals surface area (Å²) in [6.45, 7) is 0. The predicted octanol–water partition coefficient (Wildman–Crippen LogP) is 2.17. The molecule has 0 unspecified atom stereocenters. The summed E-state index contributed by atoms with van der Waals surface area (Å²) in [5.74, 6) is 0. The maximum absolute atomic E-state index is 10.4. The van der Waals surface area contributed by atoms with E-state index in [4.69, 9.17) is 0 Å². The van der Waals surface area contributed by atoms with E-state index in [0.29, 0.717) is 0 Å². The second-order valence-electron chi connectivity index (χ2n) is 2.72. The Morgan fingerprint density at radius 1 is 1.42 bits per heavy atom. The van der Waals surface area contributed by atoms with Gasteiger partial charge in [0.2, 0.25) is 0 Å². The highest BCUT2D eigenvalue weighted by Gasteiger charge is 2.01. The standard InChI is InChI=1S/C9H10INO/c1-11(2)9-4-3-7(6-12)5-8(9)10/h3-6H,1-2H3. The third kappa shape index (κ3) is 1.97. The monoisotopic (exact) mass is 275 g/mol. The molecule has 0 aliphatic rings. The molecule has 0 aliphatic heterocycles. The lowest BCUT2D eigenvalue weighted by atomic mass is 10.2. The van der Waals surface area contributed by atoms with Crippen molar-refractivity contribution in [3.8, 4) is 0 Å². The lowest BCUT2D eigenvalue weighted by Gasteiger charge is -2.14. The molecule has 3 heteroatoms. The van der Waals surface area contributed by atoms with Crippen molar-refractivity contribution < 1.29 is 4.79 Å². The highest BCUT2D eigenvalue weighted by atomic mass is 127. The summed E-state index contributed by atoms with van der Waals surface area (Å²) in [5.41, 5.74) is 1.87. The molecule has 0 saturated carbocycles. The van der Waals surface area contributed by atoms with E-state index in [2.05, 4.69) is 22.6 Å². The van der Waals surface area contributed by atoms with E-state index in [1.54, 1.807) is 0 Å². The molecule has 0 aromatic heterocycles. The summed E-state index contributed by atoms with van der Waals surface area (Å²) >= 11 is 2.22. The number of hydrogen-bond donors (Lipinski definition) is 0. The van der Waals surface area contributed by atoms with Crippen LogP contribution in [0, 0.1) is 3.57 Å². The lowest BCUT2D eigenvalue weighted by Crippen LogP contribution is -2.10. The third-order valence-electron chi connectivity index (χ3n) is 1.59. The SMILES string of the molecule is CN(C)c1ccc(C=O)cc1I. The van der Waals surface area contributed by atoms with E-state index < -0.39 is 0 Å². The largest absolute Gasteiger partial charge is 0.377 e. The lowest BCUT2D eigenvalue weighted by molar-refractivity contribution is 0.112. The van der Waals surface area contributed by atoms with Gasteiger partial charge in [-0.15, -0.1) is 0 Å². The molecular formula is C9H10INO. The Balaban J connectivity index is 3.11. The first-order chi connectivity index (χ1) is 5.65. The Bertz CT molecular complexity index is 297. The first-order valence-corrected chi connectivity index (χ1v) is 4.65. The quantitative estimate of drug-likeness (QED) is 0.609. The van der Waals surface area contributed by atoms with Gasteiger partial charge in [-0.1, -0.05) is 0 Å². The van der Waals surface area contributed by atoms with Gasteiger partial charge in [0.1, 0.15) is 6.29 Å². The fourth-order valence-electron chi connectivity index (χ4n) is 0.959. The fraction of sp³-hybridized carbons (Fsp3) is 0.222. The van der Waals surface area contributed by atoms with Gasteiger partial charge in [0.15, 0.2) is 0 Å². The normalized spacial score (nSPS) is 9.58. The Hall–Kier alpha value is -0.580. The van der Waals surface area contributed by atoms with Gasteiger partial charge in [0.25, 0.3) is 0 Å². The molecule has 1 aromatic carbocycles. The molecule has 1 rings (SSSR count). The number of carbonyl (C=O) groups is 1. The maximum atomic E-state index is 10.4. The van der Waals surface area contributed by atoms with Crippen LogP contribution in [0.4, 0.5) is 5.69 Å². The molecule has 0 fully saturated rings. The van der Waals surface area contributed by atoms with Crippen molar-refractivity contribution in [1.82, 2.24) is 0 Å². The van der Waals surface area contributed by atoms with E-state index in [-0.39, 0.29) is 0 Å². The van der Waals surface area contributed by atoms with Crippen LogP contribution in [0.15, 0.2) is 18.2 Å². The predicted molar refractivity (Wildman–Crippen MR) is 58.9 cm³/mol. The number of benzene rings is 1. The first-order valence-electron chi connectivity index (χ1n) is 3.57. The van der Waals surface area contributed by atoms with Gasteiger partial charge in [0.05, 0.1) is 0 Å². The highest BCUT2D eigenvalue weighted by Crippen LogP contribution is 2.20. The number of rotatable bonds is 2. The van der Waals surface area contributed by atoms with Crippen molar-refractivity contribution in [2.45, 2.75) is 0 Å².